The Labute approximate surface area is 131 Å². The molecular formula is C14H14Cl2NO2S+. The summed E-state index contributed by atoms with van der Waals surface area (Å²) in [6.07, 6.45) is 0.611. The smallest absolute Gasteiger partial charge is 0.229 e. The lowest BCUT2D eigenvalue weighted by Gasteiger charge is -2.01. The summed E-state index contributed by atoms with van der Waals surface area (Å²) in [6.45, 7) is 2.28. The van der Waals surface area contributed by atoms with Gasteiger partial charge < -0.3 is 5.11 Å². The second-order valence-corrected chi connectivity index (χ2v) is 6.16. The number of halogens is 2. The monoisotopic (exact) mass is 330 g/mol. The van der Waals surface area contributed by atoms with E-state index in [4.69, 9.17) is 28.3 Å². The second kappa shape index (κ2) is 6.68. The fraction of sp³-hybridized carbons (Fsp3) is 0.286. The van der Waals surface area contributed by atoms with Gasteiger partial charge >= 0.3 is 0 Å². The molecule has 6 heteroatoms. The van der Waals surface area contributed by atoms with E-state index in [-0.39, 0.29) is 18.9 Å². The largest absolute Gasteiger partial charge is 0.396 e. The van der Waals surface area contributed by atoms with Crippen LogP contribution >= 0.6 is 34.5 Å². The summed E-state index contributed by atoms with van der Waals surface area (Å²) in [5.41, 5.74) is 3.36. The first kappa shape index (κ1) is 15.4. The molecule has 0 unspecified atom stereocenters. The van der Waals surface area contributed by atoms with Crippen molar-refractivity contribution < 1.29 is 14.5 Å². The Morgan fingerprint density at radius 3 is 2.80 bits per heavy atom. The summed E-state index contributed by atoms with van der Waals surface area (Å²) in [4.78, 5) is 13.4. The van der Waals surface area contributed by atoms with Crippen LogP contribution in [0.2, 0.25) is 10.0 Å². The molecule has 1 N–H and O–H groups in total. The van der Waals surface area contributed by atoms with Crippen molar-refractivity contribution >= 4 is 40.3 Å². The van der Waals surface area contributed by atoms with Crippen LogP contribution in [0.1, 0.15) is 20.9 Å². The fourth-order valence-corrected chi connectivity index (χ4v) is 3.40. The highest BCUT2D eigenvalue weighted by Crippen LogP contribution is 2.21. The van der Waals surface area contributed by atoms with E-state index < -0.39 is 0 Å². The van der Waals surface area contributed by atoms with Gasteiger partial charge in [-0.3, -0.25) is 4.79 Å². The number of ketones is 1. The molecule has 0 bridgehead atoms. The molecule has 3 nitrogen and oxygen atoms in total. The number of carbonyl (C=O) groups is 1. The first-order valence-corrected chi connectivity index (χ1v) is 7.72. The maximum atomic E-state index is 12.3. The van der Waals surface area contributed by atoms with Crippen LogP contribution in [0, 0.1) is 6.92 Å². The minimum Gasteiger partial charge on any atom is -0.396 e. The third-order valence-electron chi connectivity index (χ3n) is 3.04. The van der Waals surface area contributed by atoms with Crippen molar-refractivity contribution in [1.29, 1.82) is 0 Å². The number of hydrogen-bond acceptors (Lipinski definition) is 3. The van der Waals surface area contributed by atoms with Crippen LogP contribution in [0.25, 0.3) is 0 Å². The lowest BCUT2D eigenvalue weighted by atomic mass is 10.1. The number of aliphatic hydroxyl groups excluding tert-OH is 1. The molecule has 0 spiro atoms. The zero-order valence-corrected chi connectivity index (χ0v) is 13.2. The molecule has 1 aromatic carbocycles. The highest BCUT2D eigenvalue weighted by atomic mass is 35.5. The number of nitrogens with zero attached hydrogens (tertiary/aromatic N) is 1. The topological polar surface area (TPSA) is 41.2 Å². The zero-order valence-electron chi connectivity index (χ0n) is 10.9. The molecule has 0 aliphatic heterocycles. The average molecular weight is 331 g/mol. The van der Waals surface area contributed by atoms with Gasteiger partial charge in [-0.25, -0.2) is 0 Å². The first-order valence-electron chi connectivity index (χ1n) is 6.08. The van der Waals surface area contributed by atoms with E-state index in [0.717, 1.165) is 10.6 Å². The van der Waals surface area contributed by atoms with Gasteiger partial charge in [-0.15, -0.1) is 0 Å². The predicted molar refractivity (Wildman–Crippen MR) is 80.8 cm³/mol. The van der Waals surface area contributed by atoms with Gasteiger partial charge in [-0.05, 0) is 18.2 Å². The van der Waals surface area contributed by atoms with Crippen LogP contribution in [-0.4, -0.2) is 17.5 Å². The van der Waals surface area contributed by atoms with E-state index in [2.05, 4.69) is 0 Å². The standard InChI is InChI=1S/C14H14Cl2NO2S/c1-9-14(4-5-18)20-8-17(9)7-13(19)11-3-2-10(15)6-12(11)16/h2-3,6,8,18H,4-5,7H2,1H3/q+1. The van der Waals surface area contributed by atoms with Gasteiger partial charge in [0.15, 0.2) is 5.69 Å². The second-order valence-electron chi connectivity index (χ2n) is 4.38. The van der Waals surface area contributed by atoms with Crippen LogP contribution in [-0.2, 0) is 13.0 Å². The lowest BCUT2D eigenvalue weighted by molar-refractivity contribution is -0.684. The molecule has 20 heavy (non-hydrogen) atoms. The summed E-state index contributed by atoms with van der Waals surface area (Å²) >= 11 is 13.4. The van der Waals surface area contributed by atoms with Crippen molar-refractivity contribution in [3.63, 3.8) is 0 Å². The number of benzene rings is 1. The van der Waals surface area contributed by atoms with Crippen LogP contribution in [0.3, 0.4) is 0 Å². The first-order chi connectivity index (χ1) is 9.52. The highest BCUT2D eigenvalue weighted by Gasteiger charge is 2.20. The molecule has 0 atom stereocenters. The van der Waals surface area contributed by atoms with Gasteiger partial charge in [-0.2, -0.15) is 4.57 Å². The van der Waals surface area contributed by atoms with Crippen molar-refractivity contribution in [2.24, 2.45) is 0 Å². The Bertz CT molecular complexity index is 640. The van der Waals surface area contributed by atoms with Crippen molar-refractivity contribution in [3.8, 4) is 0 Å². The molecular weight excluding hydrogens is 317 g/mol. The molecule has 0 fully saturated rings. The van der Waals surface area contributed by atoms with Crippen LogP contribution in [0.5, 0.6) is 0 Å². The number of rotatable bonds is 5. The molecule has 1 aromatic heterocycles. The number of Topliss-reactive ketones (excluding diaryl/α,β-unsaturated/α-hetero) is 1. The van der Waals surface area contributed by atoms with Gasteiger partial charge in [0.2, 0.25) is 17.8 Å². The van der Waals surface area contributed by atoms with Gasteiger partial charge in [0.1, 0.15) is 0 Å². The lowest BCUT2D eigenvalue weighted by Crippen LogP contribution is -2.38. The molecule has 2 rings (SSSR count). The molecule has 2 aromatic rings. The summed E-state index contributed by atoms with van der Waals surface area (Å²) in [7, 11) is 0. The molecule has 0 aliphatic rings. The maximum Gasteiger partial charge on any atom is 0.229 e. The van der Waals surface area contributed by atoms with Crippen LogP contribution in [0.4, 0.5) is 0 Å². The van der Waals surface area contributed by atoms with E-state index in [9.17, 15) is 4.79 Å². The SMILES string of the molecule is Cc1c(CCO)sc[n+]1CC(=O)c1ccc(Cl)cc1Cl. The van der Waals surface area contributed by atoms with E-state index >= 15 is 0 Å². The average Bonchev–Trinajstić information content (AvgIpc) is 2.72. The van der Waals surface area contributed by atoms with E-state index in [1.165, 1.54) is 0 Å². The molecule has 0 saturated carbocycles. The Hall–Kier alpha value is -0.940. The number of aromatic nitrogens is 1. The number of carbonyl (C=O) groups excluding carboxylic acids is 1. The third-order valence-corrected chi connectivity index (χ3v) is 4.73. The quantitative estimate of drug-likeness (QED) is 0.676. The summed E-state index contributed by atoms with van der Waals surface area (Å²) in [5.74, 6) is -0.0619. The summed E-state index contributed by atoms with van der Waals surface area (Å²) < 4.78 is 1.88. The molecule has 0 saturated heterocycles. The fourth-order valence-electron chi connectivity index (χ4n) is 1.90. The van der Waals surface area contributed by atoms with Crippen molar-refractivity contribution in [2.75, 3.05) is 6.61 Å². The Balaban J connectivity index is 2.19. The van der Waals surface area contributed by atoms with E-state index in [1.807, 2.05) is 17.0 Å². The van der Waals surface area contributed by atoms with Gasteiger partial charge in [0, 0.05) is 30.5 Å². The Kier molecular flexibility index (Phi) is 5.16. The highest BCUT2D eigenvalue weighted by molar-refractivity contribution is 7.09. The number of aliphatic hydroxyl groups is 1. The minimum absolute atomic E-state index is 0.0619. The van der Waals surface area contributed by atoms with Crippen molar-refractivity contribution in [1.82, 2.24) is 0 Å². The van der Waals surface area contributed by atoms with Gasteiger partial charge in [-0.1, -0.05) is 34.5 Å². The van der Waals surface area contributed by atoms with E-state index in [1.54, 1.807) is 29.5 Å². The minimum atomic E-state index is -0.0619. The normalized spacial score (nSPS) is 10.8. The number of hydrogen-bond donors (Lipinski definition) is 1. The Morgan fingerprint density at radius 2 is 2.15 bits per heavy atom. The van der Waals surface area contributed by atoms with E-state index in [0.29, 0.717) is 22.0 Å². The molecule has 0 amide bonds. The predicted octanol–water partition coefficient (Wildman–Crippen LogP) is 3.07. The molecule has 1 heterocycles. The summed E-state index contributed by atoms with van der Waals surface area (Å²) in [5, 5.41) is 9.85. The summed E-state index contributed by atoms with van der Waals surface area (Å²) in [6, 6.07) is 4.87. The molecule has 0 aliphatic carbocycles. The Morgan fingerprint density at radius 1 is 1.40 bits per heavy atom. The van der Waals surface area contributed by atoms with Crippen LogP contribution in [0.15, 0.2) is 23.7 Å². The van der Waals surface area contributed by atoms with Crippen molar-refractivity contribution in [2.45, 2.75) is 19.9 Å². The maximum absolute atomic E-state index is 12.3. The third kappa shape index (κ3) is 3.38. The van der Waals surface area contributed by atoms with Gasteiger partial charge in [0.05, 0.1) is 9.90 Å². The van der Waals surface area contributed by atoms with Crippen LogP contribution < -0.4 is 4.57 Å². The molecule has 0 radical (unpaired) electrons. The number of thiazole rings is 1. The molecule has 106 valence electrons. The van der Waals surface area contributed by atoms with Gasteiger partial charge in [0.25, 0.3) is 0 Å². The zero-order chi connectivity index (χ0) is 14.7. The van der Waals surface area contributed by atoms with Crippen molar-refractivity contribution in [3.05, 3.63) is 49.9 Å².